The molecule has 0 saturated carbocycles. The van der Waals surface area contributed by atoms with E-state index in [1.54, 1.807) is 0 Å². The highest BCUT2D eigenvalue weighted by molar-refractivity contribution is 6.22. The standard InChI is InChI=1S/C10H7N3O5/c11-8(14)4-12-9(15)6-2-1-5(13(17)18)3-7(6)10(12)16/h1-3H,4H2,(H2,11,14). The second-order valence-corrected chi connectivity index (χ2v) is 3.65. The summed E-state index contributed by atoms with van der Waals surface area (Å²) in [5.74, 6) is -2.26. The fourth-order valence-electron chi connectivity index (χ4n) is 1.69. The second-order valence-electron chi connectivity index (χ2n) is 3.65. The number of hydrogen-bond donors (Lipinski definition) is 1. The molecule has 0 saturated heterocycles. The number of fused-ring (bicyclic) bond motifs is 1. The number of benzene rings is 1. The number of hydrogen-bond acceptors (Lipinski definition) is 5. The Morgan fingerprint density at radius 2 is 1.89 bits per heavy atom. The van der Waals surface area contributed by atoms with E-state index in [-0.39, 0.29) is 16.8 Å². The van der Waals surface area contributed by atoms with Crippen LogP contribution in [-0.2, 0) is 4.79 Å². The highest BCUT2D eigenvalue weighted by Crippen LogP contribution is 2.26. The first kappa shape index (κ1) is 11.7. The predicted molar refractivity (Wildman–Crippen MR) is 57.7 cm³/mol. The summed E-state index contributed by atoms with van der Waals surface area (Å²) in [6, 6.07) is 3.32. The maximum absolute atomic E-state index is 11.8. The van der Waals surface area contributed by atoms with E-state index >= 15 is 0 Å². The number of imide groups is 1. The molecule has 0 atom stereocenters. The molecule has 1 aromatic rings. The molecule has 0 radical (unpaired) electrons. The van der Waals surface area contributed by atoms with Crippen LogP contribution in [-0.4, -0.2) is 34.1 Å². The molecule has 1 heterocycles. The third kappa shape index (κ3) is 1.69. The summed E-state index contributed by atoms with van der Waals surface area (Å²) in [6.45, 7) is -0.542. The van der Waals surface area contributed by atoms with Crippen molar-refractivity contribution < 1.29 is 19.3 Å². The third-order valence-corrected chi connectivity index (χ3v) is 2.48. The predicted octanol–water partition coefficient (Wildman–Crippen LogP) is -0.324. The van der Waals surface area contributed by atoms with Crippen molar-refractivity contribution in [1.82, 2.24) is 4.90 Å². The Balaban J connectivity index is 2.45. The van der Waals surface area contributed by atoms with Crippen LogP contribution in [0.3, 0.4) is 0 Å². The molecule has 0 unspecified atom stereocenters. The van der Waals surface area contributed by atoms with Crippen molar-refractivity contribution in [3.05, 3.63) is 39.4 Å². The zero-order chi connectivity index (χ0) is 13.4. The summed E-state index contributed by atoms with van der Waals surface area (Å²) in [4.78, 5) is 44.8. The molecule has 1 aliphatic heterocycles. The fraction of sp³-hybridized carbons (Fsp3) is 0.100. The third-order valence-electron chi connectivity index (χ3n) is 2.48. The number of nitrogens with zero attached hydrogens (tertiary/aromatic N) is 2. The van der Waals surface area contributed by atoms with E-state index in [0.717, 1.165) is 12.1 Å². The normalized spacial score (nSPS) is 13.7. The summed E-state index contributed by atoms with van der Waals surface area (Å²) in [7, 11) is 0. The van der Waals surface area contributed by atoms with Crippen molar-refractivity contribution >= 4 is 23.4 Å². The molecule has 0 aliphatic carbocycles. The number of nitro groups is 1. The highest BCUT2D eigenvalue weighted by atomic mass is 16.6. The molecule has 2 rings (SSSR count). The van der Waals surface area contributed by atoms with Crippen molar-refractivity contribution in [2.75, 3.05) is 6.54 Å². The van der Waals surface area contributed by atoms with Crippen LogP contribution in [0, 0.1) is 10.1 Å². The van der Waals surface area contributed by atoms with Crippen LogP contribution in [0.25, 0.3) is 0 Å². The summed E-state index contributed by atoms with van der Waals surface area (Å²) >= 11 is 0. The van der Waals surface area contributed by atoms with Crippen LogP contribution in [0.2, 0.25) is 0 Å². The van der Waals surface area contributed by atoms with Gasteiger partial charge in [0.2, 0.25) is 5.91 Å². The van der Waals surface area contributed by atoms with E-state index in [9.17, 15) is 24.5 Å². The van der Waals surface area contributed by atoms with Crippen molar-refractivity contribution in [3.63, 3.8) is 0 Å². The number of carbonyl (C=O) groups excluding carboxylic acids is 3. The van der Waals surface area contributed by atoms with Crippen LogP contribution in [0.15, 0.2) is 18.2 Å². The Labute approximate surface area is 100 Å². The van der Waals surface area contributed by atoms with Crippen molar-refractivity contribution in [2.45, 2.75) is 0 Å². The van der Waals surface area contributed by atoms with Gasteiger partial charge in [0.25, 0.3) is 17.5 Å². The van der Waals surface area contributed by atoms with E-state index < -0.39 is 29.2 Å². The van der Waals surface area contributed by atoms with E-state index in [0.29, 0.717) is 4.90 Å². The van der Waals surface area contributed by atoms with Gasteiger partial charge in [-0.15, -0.1) is 0 Å². The second kappa shape index (κ2) is 3.91. The average Bonchev–Trinajstić information content (AvgIpc) is 2.53. The fourth-order valence-corrected chi connectivity index (χ4v) is 1.69. The first-order valence-electron chi connectivity index (χ1n) is 4.84. The monoisotopic (exact) mass is 249 g/mol. The maximum atomic E-state index is 11.8. The Bertz CT molecular complexity index is 595. The molecular weight excluding hydrogens is 242 g/mol. The first-order chi connectivity index (χ1) is 8.41. The van der Waals surface area contributed by atoms with Gasteiger partial charge in [0.05, 0.1) is 16.1 Å². The Kier molecular flexibility index (Phi) is 2.55. The van der Waals surface area contributed by atoms with Crippen molar-refractivity contribution in [1.29, 1.82) is 0 Å². The lowest BCUT2D eigenvalue weighted by Gasteiger charge is -2.09. The molecular formula is C10H7N3O5. The number of nitrogens with two attached hydrogens (primary N) is 1. The summed E-state index contributed by atoms with van der Waals surface area (Å²) in [6.07, 6.45) is 0. The topological polar surface area (TPSA) is 124 Å². The molecule has 1 aliphatic rings. The minimum atomic E-state index is -0.834. The van der Waals surface area contributed by atoms with Crippen LogP contribution < -0.4 is 5.73 Å². The van der Waals surface area contributed by atoms with Gasteiger partial charge in [0, 0.05) is 12.1 Å². The van der Waals surface area contributed by atoms with Gasteiger partial charge >= 0.3 is 0 Å². The molecule has 0 spiro atoms. The van der Waals surface area contributed by atoms with E-state index in [2.05, 4.69) is 0 Å². The molecule has 3 amide bonds. The number of amides is 3. The molecule has 2 N–H and O–H groups in total. The lowest BCUT2D eigenvalue weighted by molar-refractivity contribution is -0.384. The molecule has 8 heteroatoms. The molecule has 18 heavy (non-hydrogen) atoms. The molecule has 1 aromatic carbocycles. The largest absolute Gasteiger partial charge is 0.368 e. The van der Waals surface area contributed by atoms with Crippen molar-refractivity contribution in [3.8, 4) is 0 Å². The van der Waals surface area contributed by atoms with Gasteiger partial charge in [-0.05, 0) is 6.07 Å². The number of non-ortho nitro benzene ring substituents is 1. The van der Waals surface area contributed by atoms with E-state index in [1.165, 1.54) is 6.07 Å². The van der Waals surface area contributed by atoms with Crippen LogP contribution >= 0.6 is 0 Å². The number of primary amides is 1. The lowest BCUT2D eigenvalue weighted by Crippen LogP contribution is -2.37. The summed E-state index contributed by atoms with van der Waals surface area (Å²) in [5, 5.41) is 10.6. The van der Waals surface area contributed by atoms with Crippen LogP contribution in [0.4, 0.5) is 5.69 Å². The smallest absolute Gasteiger partial charge is 0.270 e. The number of rotatable bonds is 3. The van der Waals surface area contributed by atoms with Gasteiger partial charge < -0.3 is 5.73 Å². The van der Waals surface area contributed by atoms with Gasteiger partial charge in [-0.1, -0.05) is 0 Å². The number of nitro benzene ring substituents is 1. The maximum Gasteiger partial charge on any atom is 0.270 e. The Hall–Kier alpha value is -2.77. The first-order valence-corrected chi connectivity index (χ1v) is 4.84. The molecule has 0 fully saturated rings. The van der Waals surface area contributed by atoms with E-state index in [4.69, 9.17) is 5.73 Å². The Morgan fingerprint density at radius 1 is 1.28 bits per heavy atom. The van der Waals surface area contributed by atoms with Gasteiger partial charge in [0.1, 0.15) is 6.54 Å². The highest BCUT2D eigenvalue weighted by Gasteiger charge is 2.37. The molecule has 0 aromatic heterocycles. The van der Waals surface area contributed by atoms with E-state index in [1.807, 2.05) is 0 Å². The lowest BCUT2D eigenvalue weighted by atomic mass is 10.1. The van der Waals surface area contributed by atoms with Crippen LogP contribution in [0.5, 0.6) is 0 Å². The SMILES string of the molecule is NC(=O)CN1C(=O)c2ccc([N+](=O)[O-])cc2C1=O. The minimum Gasteiger partial charge on any atom is -0.368 e. The average molecular weight is 249 g/mol. The summed E-state index contributed by atoms with van der Waals surface area (Å²) < 4.78 is 0. The van der Waals surface area contributed by atoms with Crippen LogP contribution in [0.1, 0.15) is 20.7 Å². The van der Waals surface area contributed by atoms with Gasteiger partial charge in [0.15, 0.2) is 0 Å². The quantitative estimate of drug-likeness (QED) is 0.446. The molecule has 92 valence electrons. The zero-order valence-corrected chi connectivity index (χ0v) is 8.95. The molecule has 8 nitrogen and oxygen atoms in total. The minimum absolute atomic E-state index is 0.0341. The van der Waals surface area contributed by atoms with Gasteiger partial charge in [-0.25, -0.2) is 0 Å². The molecule has 0 bridgehead atoms. The van der Waals surface area contributed by atoms with Gasteiger partial charge in [-0.2, -0.15) is 0 Å². The Morgan fingerprint density at radius 3 is 2.44 bits per heavy atom. The van der Waals surface area contributed by atoms with Gasteiger partial charge in [-0.3, -0.25) is 29.4 Å². The summed E-state index contributed by atoms with van der Waals surface area (Å²) in [5.41, 5.74) is 4.57. The number of carbonyl (C=O) groups is 3. The zero-order valence-electron chi connectivity index (χ0n) is 8.95. The van der Waals surface area contributed by atoms with Crippen molar-refractivity contribution in [2.24, 2.45) is 5.73 Å².